The number of hydrogen-bond acceptors (Lipinski definition) is 5. The maximum absolute atomic E-state index is 6.45. The van der Waals surface area contributed by atoms with Gasteiger partial charge in [0, 0.05) is 28.5 Å². The molecule has 0 unspecified atom stereocenters. The molecule has 6 rings (SSSR count). The summed E-state index contributed by atoms with van der Waals surface area (Å²) in [7, 11) is 0. The first-order valence-corrected chi connectivity index (χ1v) is 11.6. The highest BCUT2D eigenvalue weighted by Gasteiger charge is 2.43. The standard InChI is InChI=1S/C26H20ClN3O3S/c1-15-17(5-4-6-18(15)27)20-10-11-22(33-20)25-24(19-7-2-3-12-28-19)29-26(34)30(25)16-8-9-21-23(13-16)32-14-31-21/h2-13,24-25H,14H2,1H3,(H,29,34)/t24-,25+/m1/s1. The molecular weight excluding hydrogens is 470 g/mol. The third-order valence-electron chi connectivity index (χ3n) is 6.18. The lowest BCUT2D eigenvalue weighted by molar-refractivity contribution is 0.174. The Kier molecular flexibility index (Phi) is 5.16. The maximum Gasteiger partial charge on any atom is 0.231 e. The molecular formula is C26H20ClN3O3S. The van der Waals surface area contributed by atoms with Crippen molar-refractivity contribution in [3.05, 3.63) is 95.0 Å². The van der Waals surface area contributed by atoms with Gasteiger partial charge in [-0.1, -0.05) is 29.8 Å². The van der Waals surface area contributed by atoms with Crippen molar-refractivity contribution in [2.45, 2.75) is 19.0 Å². The van der Waals surface area contributed by atoms with Gasteiger partial charge in [0.2, 0.25) is 6.79 Å². The van der Waals surface area contributed by atoms with Gasteiger partial charge >= 0.3 is 0 Å². The Bertz CT molecular complexity index is 1390. The molecule has 2 aliphatic heterocycles. The van der Waals surface area contributed by atoms with Crippen molar-refractivity contribution in [1.82, 2.24) is 10.3 Å². The highest BCUT2D eigenvalue weighted by atomic mass is 35.5. The Morgan fingerprint density at radius 1 is 1.03 bits per heavy atom. The Hall–Kier alpha value is -3.55. The zero-order valence-corrected chi connectivity index (χ0v) is 19.8. The summed E-state index contributed by atoms with van der Waals surface area (Å²) >= 11 is 12.2. The number of benzene rings is 2. The summed E-state index contributed by atoms with van der Waals surface area (Å²) in [5.74, 6) is 2.92. The first kappa shape index (κ1) is 21.0. The molecule has 0 aliphatic carbocycles. The predicted molar refractivity (Wildman–Crippen MR) is 134 cm³/mol. The van der Waals surface area contributed by atoms with Crippen LogP contribution in [-0.4, -0.2) is 16.9 Å². The molecule has 4 aromatic rings. The molecule has 170 valence electrons. The lowest BCUT2D eigenvalue weighted by Crippen LogP contribution is -2.29. The second kappa shape index (κ2) is 8.34. The van der Waals surface area contributed by atoms with Gasteiger partial charge in [-0.05, 0) is 67.2 Å². The molecule has 1 fully saturated rings. The summed E-state index contributed by atoms with van der Waals surface area (Å²) < 4.78 is 17.6. The van der Waals surface area contributed by atoms with Crippen molar-refractivity contribution in [3.8, 4) is 22.8 Å². The second-order valence-electron chi connectivity index (χ2n) is 8.15. The molecule has 34 heavy (non-hydrogen) atoms. The van der Waals surface area contributed by atoms with Gasteiger partial charge in [0.15, 0.2) is 16.6 Å². The summed E-state index contributed by atoms with van der Waals surface area (Å²) in [6.07, 6.45) is 1.78. The maximum atomic E-state index is 6.45. The Morgan fingerprint density at radius 2 is 1.91 bits per heavy atom. The largest absolute Gasteiger partial charge is 0.459 e. The molecule has 2 aromatic heterocycles. The number of fused-ring (bicyclic) bond motifs is 1. The summed E-state index contributed by atoms with van der Waals surface area (Å²) in [6, 6.07) is 21.0. The number of aromatic nitrogens is 1. The van der Waals surface area contributed by atoms with E-state index in [-0.39, 0.29) is 18.9 Å². The Labute approximate surface area is 207 Å². The normalized spacial score (nSPS) is 18.9. The molecule has 2 atom stereocenters. The van der Waals surface area contributed by atoms with Crippen molar-refractivity contribution < 1.29 is 13.9 Å². The minimum atomic E-state index is -0.268. The minimum absolute atomic E-state index is 0.210. The lowest BCUT2D eigenvalue weighted by Gasteiger charge is -2.26. The van der Waals surface area contributed by atoms with E-state index in [1.807, 2.05) is 78.6 Å². The third-order valence-corrected chi connectivity index (χ3v) is 6.91. The van der Waals surface area contributed by atoms with Crippen LogP contribution in [0.3, 0.4) is 0 Å². The summed E-state index contributed by atoms with van der Waals surface area (Å²) in [5, 5.41) is 4.73. The van der Waals surface area contributed by atoms with Crippen LogP contribution in [0.1, 0.15) is 29.1 Å². The monoisotopic (exact) mass is 489 g/mol. The number of halogens is 1. The van der Waals surface area contributed by atoms with E-state index in [1.54, 1.807) is 6.20 Å². The van der Waals surface area contributed by atoms with E-state index in [2.05, 4.69) is 10.3 Å². The number of ether oxygens (including phenoxy) is 2. The molecule has 0 amide bonds. The molecule has 2 aromatic carbocycles. The summed E-state index contributed by atoms with van der Waals surface area (Å²) in [5.41, 5.74) is 3.67. The molecule has 0 bridgehead atoms. The highest BCUT2D eigenvalue weighted by molar-refractivity contribution is 7.80. The fraction of sp³-hybridized carbons (Fsp3) is 0.154. The zero-order valence-electron chi connectivity index (χ0n) is 18.2. The quantitative estimate of drug-likeness (QED) is 0.342. The number of pyridine rings is 1. The van der Waals surface area contributed by atoms with E-state index in [9.17, 15) is 0 Å². The molecule has 0 radical (unpaired) electrons. The first-order chi connectivity index (χ1) is 16.6. The van der Waals surface area contributed by atoms with Gasteiger partial charge in [0.05, 0.1) is 11.7 Å². The van der Waals surface area contributed by atoms with Crippen LogP contribution in [0, 0.1) is 6.92 Å². The Balaban J connectivity index is 1.46. The van der Waals surface area contributed by atoms with Gasteiger partial charge in [-0.15, -0.1) is 0 Å². The summed E-state index contributed by atoms with van der Waals surface area (Å²) in [4.78, 5) is 6.64. The van der Waals surface area contributed by atoms with Crippen LogP contribution in [0.15, 0.2) is 77.3 Å². The number of hydrogen-bond donors (Lipinski definition) is 1. The molecule has 6 nitrogen and oxygen atoms in total. The molecule has 1 N–H and O–H groups in total. The van der Waals surface area contributed by atoms with Gasteiger partial charge in [0.1, 0.15) is 17.6 Å². The van der Waals surface area contributed by atoms with Gasteiger partial charge in [-0.3, -0.25) is 4.98 Å². The van der Waals surface area contributed by atoms with Gasteiger partial charge in [0.25, 0.3) is 0 Å². The average Bonchev–Trinajstić information content (AvgIpc) is 3.59. The van der Waals surface area contributed by atoms with Crippen molar-refractivity contribution in [3.63, 3.8) is 0 Å². The highest BCUT2D eigenvalue weighted by Crippen LogP contribution is 2.45. The second-order valence-corrected chi connectivity index (χ2v) is 8.94. The number of nitrogens with zero attached hydrogens (tertiary/aromatic N) is 2. The summed E-state index contributed by atoms with van der Waals surface area (Å²) in [6.45, 7) is 2.20. The van der Waals surface area contributed by atoms with Crippen LogP contribution >= 0.6 is 23.8 Å². The van der Waals surface area contributed by atoms with Crippen LogP contribution < -0.4 is 19.7 Å². The zero-order chi connectivity index (χ0) is 23.2. The van der Waals surface area contributed by atoms with Gasteiger partial charge in [-0.2, -0.15) is 0 Å². The van der Waals surface area contributed by atoms with E-state index in [0.29, 0.717) is 15.9 Å². The molecule has 0 spiro atoms. The van der Waals surface area contributed by atoms with Crippen molar-refractivity contribution >= 4 is 34.6 Å². The minimum Gasteiger partial charge on any atom is -0.459 e. The number of anilines is 1. The molecule has 1 saturated heterocycles. The van der Waals surface area contributed by atoms with Gasteiger partial charge in [-0.25, -0.2) is 0 Å². The number of furan rings is 1. The first-order valence-electron chi connectivity index (χ1n) is 10.9. The van der Waals surface area contributed by atoms with E-state index in [4.69, 9.17) is 37.7 Å². The van der Waals surface area contributed by atoms with Crippen LogP contribution in [0.4, 0.5) is 5.69 Å². The van der Waals surface area contributed by atoms with E-state index in [1.165, 1.54) is 0 Å². The van der Waals surface area contributed by atoms with E-state index in [0.717, 1.165) is 39.8 Å². The number of nitrogens with one attached hydrogen (secondary N) is 1. The van der Waals surface area contributed by atoms with Gasteiger partial charge < -0.3 is 24.1 Å². The fourth-order valence-corrected chi connectivity index (χ4v) is 5.01. The molecule has 8 heteroatoms. The van der Waals surface area contributed by atoms with Crippen molar-refractivity contribution in [1.29, 1.82) is 0 Å². The fourth-order valence-electron chi connectivity index (χ4n) is 4.49. The van der Waals surface area contributed by atoms with Crippen LogP contribution in [0.25, 0.3) is 11.3 Å². The van der Waals surface area contributed by atoms with E-state index < -0.39 is 0 Å². The van der Waals surface area contributed by atoms with E-state index >= 15 is 0 Å². The molecule has 4 heterocycles. The van der Waals surface area contributed by atoms with Crippen molar-refractivity contribution in [2.75, 3.05) is 11.7 Å². The predicted octanol–water partition coefficient (Wildman–Crippen LogP) is 6.21. The topological polar surface area (TPSA) is 59.8 Å². The van der Waals surface area contributed by atoms with Crippen molar-refractivity contribution in [2.24, 2.45) is 0 Å². The number of rotatable bonds is 4. The SMILES string of the molecule is Cc1c(Cl)cccc1-c1ccc([C@H]2[C@@H](c3ccccn3)NC(=S)N2c2ccc3c(c2)OCO3)o1. The number of thiocarbonyl (C=S) groups is 1. The lowest BCUT2D eigenvalue weighted by atomic mass is 10.0. The third kappa shape index (κ3) is 3.48. The molecule has 0 saturated carbocycles. The molecule has 2 aliphatic rings. The smallest absolute Gasteiger partial charge is 0.231 e. The Morgan fingerprint density at radius 3 is 2.76 bits per heavy atom. The van der Waals surface area contributed by atoms with Crippen LogP contribution in [0.2, 0.25) is 5.02 Å². The average molecular weight is 490 g/mol. The van der Waals surface area contributed by atoms with Crippen LogP contribution in [0.5, 0.6) is 11.5 Å². The van der Waals surface area contributed by atoms with Crippen LogP contribution in [-0.2, 0) is 0 Å².